The lowest BCUT2D eigenvalue weighted by Crippen LogP contribution is -2.55. The number of piperidine rings is 2. The van der Waals surface area contributed by atoms with Crippen LogP contribution in [0.3, 0.4) is 0 Å². The molecule has 0 aliphatic carbocycles. The molecule has 0 aromatic carbocycles. The fourth-order valence-corrected chi connectivity index (χ4v) is 5.57. The first-order valence-corrected chi connectivity index (χ1v) is 8.81. The Morgan fingerprint density at radius 3 is 2.37 bits per heavy atom. The number of rotatable bonds is 3. The Labute approximate surface area is 117 Å². The summed E-state index contributed by atoms with van der Waals surface area (Å²) in [4.78, 5) is 0. The van der Waals surface area contributed by atoms with Crippen LogP contribution in [0.1, 0.15) is 39.5 Å². The molecule has 2 heterocycles. The van der Waals surface area contributed by atoms with Crippen molar-refractivity contribution >= 4 is 10.2 Å². The maximum absolute atomic E-state index is 12.8. The highest BCUT2D eigenvalue weighted by atomic mass is 32.2. The molecular formula is C13H27N3O2S. The minimum absolute atomic E-state index is 0.00807. The molecule has 0 spiro atoms. The third-order valence-electron chi connectivity index (χ3n) is 4.30. The lowest BCUT2D eigenvalue weighted by atomic mass is 9.94. The Morgan fingerprint density at radius 2 is 1.79 bits per heavy atom. The third-order valence-corrected chi connectivity index (χ3v) is 6.33. The van der Waals surface area contributed by atoms with Crippen molar-refractivity contribution in [1.29, 1.82) is 0 Å². The van der Waals surface area contributed by atoms with Gasteiger partial charge in [0.25, 0.3) is 10.2 Å². The van der Waals surface area contributed by atoms with Crippen molar-refractivity contribution in [3.8, 4) is 0 Å². The van der Waals surface area contributed by atoms with E-state index in [0.29, 0.717) is 38.0 Å². The molecule has 3 atom stereocenters. The molecule has 0 aromatic rings. The van der Waals surface area contributed by atoms with E-state index >= 15 is 0 Å². The average Bonchev–Trinajstić information content (AvgIpc) is 2.37. The van der Waals surface area contributed by atoms with Crippen LogP contribution in [0, 0.1) is 11.8 Å². The summed E-state index contributed by atoms with van der Waals surface area (Å²) in [6, 6.07) is -0.00807. The summed E-state index contributed by atoms with van der Waals surface area (Å²) in [5.74, 6) is 0.888. The number of hydrogen-bond acceptors (Lipinski definition) is 3. The van der Waals surface area contributed by atoms with Crippen LogP contribution in [0.5, 0.6) is 0 Å². The first-order valence-electron chi connectivity index (χ1n) is 7.42. The van der Waals surface area contributed by atoms with Crippen molar-refractivity contribution in [2.45, 2.75) is 45.6 Å². The average molecular weight is 289 g/mol. The van der Waals surface area contributed by atoms with Gasteiger partial charge in [-0.15, -0.1) is 0 Å². The molecule has 0 aromatic heterocycles. The normalized spacial score (nSPS) is 35.4. The monoisotopic (exact) mass is 289 g/mol. The largest absolute Gasteiger partial charge is 0.329 e. The molecule has 0 amide bonds. The van der Waals surface area contributed by atoms with Crippen LogP contribution in [-0.2, 0) is 10.2 Å². The predicted octanol–water partition coefficient (Wildman–Crippen LogP) is 1.02. The maximum Gasteiger partial charge on any atom is 0.282 e. The van der Waals surface area contributed by atoms with Gasteiger partial charge in [0.1, 0.15) is 0 Å². The van der Waals surface area contributed by atoms with Gasteiger partial charge in [0.2, 0.25) is 0 Å². The first kappa shape index (κ1) is 15.2. The number of nitrogens with zero attached hydrogens (tertiary/aromatic N) is 2. The van der Waals surface area contributed by atoms with Gasteiger partial charge in [-0.25, -0.2) is 0 Å². The van der Waals surface area contributed by atoms with E-state index in [4.69, 9.17) is 5.73 Å². The fraction of sp³-hybridized carbons (Fsp3) is 1.00. The summed E-state index contributed by atoms with van der Waals surface area (Å²) in [6.45, 7) is 6.63. The molecule has 2 N–H and O–H groups in total. The quantitative estimate of drug-likeness (QED) is 0.843. The SMILES string of the molecule is C[C@@H]1C[C@@H](C)CN(S(=O)(=O)N2CCCC[C@H]2CN)C1. The zero-order chi connectivity index (χ0) is 14.0. The molecule has 6 heteroatoms. The zero-order valence-corrected chi connectivity index (χ0v) is 12.9. The van der Waals surface area contributed by atoms with Gasteiger partial charge in [-0.05, 0) is 31.1 Å². The van der Waals surface area contributed by atoms with Gasteiger partial charge >= 0.3 is 0 Å². The molecule has 19 heavy (non-hydrogen) atoms. The van der Waals surface area contributed by atoms with Crippen molar-refractivity contribution in [2.24, 2.45) is 17.6 Å². The highest BCUT2D eigenvalue weighted by molar-refractivity contribution is 7.86. The summed E-state index contributed by atoms with van der Waals surface area (Å²) in [6.07, 6.45) is 4.05. The minimum Gasteiger partial charge on any atom is -0.329 e. The second kappa shape index (κ2) is 6.08. The van der Waals surface area contributed by atoms with E-state index in [9.17, 15) is 8.42 Å². The lowest BCUT2D eigenvalue weighted by Gasteiger charge is -2.41. The van der Waals surface area contributed by atoms with E-state index in [-0.39, 0.29) is 6.04 Å². The highest BCUT2D eigenvalue weighted by Gasteiger charge is 2.38. The van der Waals surface area contributed by atoms with Gasteiger partial charge in [0.05, 0.1) is 0 Å². The Balaban J connectivity index is 2.16. The minimum atomic E-state index is -3.33. The second-order valence-corrected chi connectivity index (χ2v) is 8.15. The van der Waals surface area contributed by atoms with Gasteiger partial charge in [-0.2, -0.15) is 17.0 Å². The first-order chi connectivity index (χ1) is 8.95. The van der Waals surface area contributed by atoms with Crippen LogP contribution < -0.4 is 5.73 Å². The van der Waals surface area contributed by atoms with E-state index in [1.165, 1.54) is 0 Å². The molecule has 2 rings (SSSR count). The van der Waals surface area contributed by atoms with Crippen LogP contribution in [0.25, 0.3) is 0 Å². The van der Waals surface area contributed by atoms with E-state index < -0.39 is 10.2 Å². The topological polar surface area (TPSA) is 66.6 Å². The zero-order valence-electron chi connectivity index (χ0n) is 12.1. The smallest absolute Gasteiger partial charge is 0.282 e. The van der Waals surface area contributed by atoms with E-state index in [2.05, 4.69) is 13.8 Å². The van der Waals surface area contributed by atoms with E-state index in [1.54, 1.807) is 8.61 Å². The van der Waals surface area contributed by atoms with Crippen LogP contribution >= 0.6 is 0 Å². The van der Waals surface area contributed by atoms with Crippen LogP contribution in [0.15, 0.2) is 0 Å². The third kappa shape index (κ3) is 3.29. The van der Waals surface area contributed by atoms with E-state index in [0.717, 1.165) is 25.7 Å². The lowest BCUT2D eigenvalue weighted by molar-refractivity contribution is 0.187. The van der Waals surface area contributed by atoms with E-state index in [1.807, 2.05) is 0 Å². The summed E-state index contributed by atoms with van der Waals surface area (Å²) in [7, 11) is -3.33. The summed E-state index contributed by atoms with van der Waals surface area (Å²) >= 11 is 0. The Bertz CT molecular complexity index is 389. The van der Waals surface area contributed by atoms with Crippen molar-refractivity contribution in [2.75, 3.05) is 26.2 Å². The molecule has 2 fully saturated rings. The highest BCUT2D eigenvalue weighted by Crippen LogP contribution is 2.28. The molecule has 0 unspecified atom stereocenters. The molecule has 5 nitrogen and oxygen atoms in total. The fourth-order valence-electron chi connectivity index (χ4n) is 3.46. The molecular weight excluding hydrogens is 262 g/mol. The number of hydrogen-bond donors (Lipinski definition) is 1. The molecule has 0 bridgehead atoms. The second-order valence-electron chi connectivity index (χ2n) is 6.27. The Morgan fingerprint density at radius 1 is 1.16 bits per heavy atom. The molecule has 2 aliphatic heterocycles. The predicted molar refractivity (Wildman–Crippen MR) is 76.8 cm³/mol. The van der Waals surface area contributed by atoms with Crippen molar-refractivity contribution in [3.63, 3.8) is 0 Å². The van der Waals surface area contributed by atoms with Gasteiger partial charge < -0.3 is 5.73 Å². The number of nitrogens with two attached hydrogens (primary N) is 1. The summed E-state index contributed by atoms with van der Waals surface area (Å²) in [5, 5.41) is 0. The summed E-state index contributed by atoms with van der Waals surface area (Å²) in [5.41, 5.74) is 5.75. The molecule has 112 valence electrons. The Kier molecular flexibility index (Phi) is 4.87. The molecule has 2 aliphatic rings. The molecule has 2 saturated heterocycles. The summed E-state index contributed by atoms with van der Waals surface area (Å²) < 4.78 is 28.9. The van der Waals surface area contributed by atoms with Gasteiger partial charge in [0.15, 0.2) is 0 Å². The van der Waals surface area contributed by atoms with Gasteiger partial charge in [0, 0.05) is 32.2 Å². The maximum atomic E-state index is 12.8. The standard InChI is InChI=1S/C13H27N3O2S/c1-11-7-12(2)10-15(9-11)19(17,18)16-6-4-3-5-13(16)8-14/h11-13H,3-10,14H2,1-2H3/t11-,12-,13+/m1/s1. The van der Waals surface area contributed by atoms with Crippen LogP contribution in [-0.4, -0.2) is 49.2 Å². The van der Waals surface area contributed by atoms with Gasteiger partial charge in [-0.3, -0.25) is 0 Å². The molecule has 0 radical (unpaired) electrons. The van der Waals surface area contributed by atoms with Crippen LogP contribution in [0.2, 0.25) is 0 Å². The molecule has 0 saturated carbocycles. The van der Waals surface area contributed by atoms with Crippen molar-refractivity contribution in [3.05, 3.63) is 0 Å². The van der Waals surface area contributed by atoms with Crippen molar-refractivity contribution < 1.29 is 8.42 Å². The Hall–Kier alpha value is -0.170. The van der Waals surface area contributed by atoms with Crippen LogP contribution in [0.4, 0.5) is 0 Å². The van der Waals surface area contributed by atoms with Crippen molar-refractivity contribution in [1.82, 2.24) is 8.61 Å². The van der Waals surface area contributed by atoms with Gasteiger partial charge in [-0.1, -0.05) is 20.3 Å².